The third-order valence-electron chi connectivity index (χ3n) is 6.26. The molecule has 226 valence electrons. The molecule has 0 heterocycles. The highest BCUT2D eigenvalue weighted by Gasteiger charge is 2.40. The Morgan fingerprint density at radius 2 is 1.66 bits per heavy atom. The van der Waals surface area contributed by atoms with E-state index in [1.54, 1.807) is 34.7 Å². The van der Waals surface area contributed by atoms with Crippen molar-refractivity contribution in [1.82, 2.24) is 4.90 Å². The summed E-state index contributed by atoms with van der Waals surface area (Å²) in [4.78, 5) is 50.9. The molecule has 9 nitrogen and oxygen atoms in total. The molecule has 9 heteroatoms. The van der Waals surface area contributed by atoms with Crippen molar-refractivity contribution in [2.75, 3.05) is 33.4 Å². The lowest BCUT2D eigenvalue weighted by Gasteiger charge is -2.30. The van der Waals surface area contributed by atoms with E-state index in [9.17, 15) is 19.2 Å². The van der Waals surface area contributed by atoms with E-state index in [0.717, 1.165) is 32.0 Å². The van der Waals surface area contributed by atoms with Gasteiger partial charge >= 0.3 is 11.9 Å². The van der Waals surface area contributed by atoms with Crippen molar-refractivity contribution in [2.45, 2.75) is 84.0 Å². The van der Waals surface area contributed by atoms with Crippen molar-refractivity contribution < 1.29 is 38.1 Å². The van der Waals surface area contributed by atoms with Crippen LogP contribution in [0.2, 0.25) is 0 Å². The molecule has 2 atom stereocenters. The normalized spacial score (nSPS) is 12.9. The van der Waals surface area contributed by atoms with Crippen LogP contribution < -0.4 is 0 Å². The zero-order valence-corrected chi connectivity index (χ0v) is 25.1. The van der Waals surface area contributed by atoms with Crippen molar-refractivity contribution in [2.24, 2.45) is 0 Å². The summed E-state index contributed by atoms with van der Waals surface area (Å²) >= 11 is 0. The van der Waals surface area contributed by atoms with E-state index in [-0.39, 0.29) is 19.6 Å². The van der Waals surface area contributed by atoms with Crippen molar-refractivity contribution >= 4 is 34.9 Å². The number of hydrogen-bond acceptors (Lipinski definition) is 8. The third-order valence-corrected chi connectivity index (χ3v) is 6.26. The van der Waals surface area contributed by atoms with Gasteiger partial charge in [-0.1, -0.05) is 48.9 Å². The number of fused-ring (bicyclic) bond motifs is 1. The van der Waals surface area contributed by atoms with Crippen molar-refractivity contribution in [3.63, 3.8) is 0 Å². The molecule has 0 N–H and O–H groups in total. The third kappa shape index (κ3) is 12.4. The Labute approximate surface area is 243 Å². The molecule has 0 saturated heterocycles. The minimum Gasteiger partial charge on any atom is -0.464 e. The maximum atomic E-state index is 13.5. The van der Waals surface area contributed by atoms with Gasteiger partial charge in [0.25, 0.3) is 5.91 Å². The second-order valence-electron chi connectivity index (χ2n) is 10.9. The number of esters is 2. The predicted molar refractivity (Wildman–Crippen MR) is 156 cm³/mol. The number of carbonyl (C=O) groups excluding carboxylic acids is 4. The number of nitrogens with zero attached hydrogens (tertiary/aromatic N) is 1. The number of ether oxygens (including phenoxy) is 4. The van der Waals surface area contributed by atoms with Gasteiger partial charge in [0.15, 0.2) is 12.2 Å². The lowest BCUT2D eigenvalue weighted by atomic mass is 10.0. The number of amides is 1. The topological polar surface area (TPSA) is 108 Å². The van der Waals surface area contributed by atoms with Crippen LogP contribution in [-0.4, -0.2) is 80.3 Å². The van der Waals surface area contributed by atoms with Crippen LogP contribution in [0.25, 0.3) is 10.8 Å². The number of unbranched alkanes of at least 4 members (excludes halogenated alkanes) is 3. The largest absolute Gasteiger partial charge is 0.464 e. The van der Waals surface area contributed by atoms with E-state index in [4.69, 9.17) is 18.9 Å². The van der Waals surface area contributed by atoms with Gasteiger partial charge in [0.2, 0.25) is 0 Å². The number of hydrogen-bond donors (Lipinski definition) is 0. The van der Waals surface area contributed by atoms with Gasteiger partial charge < -0.3 is 28.6 Å². The lowest BCUT2D eigenvalue weighted by Crippen LogP contribution is -2.51. The predicted octanol–water partition coefficient (Wildman–Crippen LogP) is 4.67. The summed E-state index contributed by atoms with van der Waals surface area (Å²) in [5.74, 6) is -1.96. The van der Waals surface area contributed by atoms with Crippen molar-refractivity contribution in [3.05, 3.63) is 48.0 Å². The summed E-state index contributed by atoms with van der Waals surface area (Å²) < 4.78 is 21.8. The molecule has 0 radical (unpaired) electrons. The summed E-state index contributed by atoms with van der Waals surface area (Å²) in [5, 5.41) is 2.44. The van der Waals surface area contributed by atoms with Gasteiger partial charge in [-0.2, -0.15) is 0 Å². The van der Waals surface area contributed by atoms with Crippen LogP contribution in [0, 0.1) is 0 Å². The summed E-state index contributed by atoms with van der Waals surface area (Å²) in [7, 11) is 1.64. The standard InChI is InChI=1S/C32H45NO8/c1-6-38-27(35)23-40-29(31(37)41-32(2,3)4)28(39-21-13-12-20-34)30(36)33(5)19-11-7-8-14-24-17-18-25-15-9-10-16-26(25)22-24/h9-10,15-18,20,22,28-29H,6-8,11-14,19,21,23H2,1-5H3/t28-,29-/m1/s1. The van der Waals surface area contributed by atoms with Crippen LogP contribution in [0.15, 0.2) is 42.5 Å². The molecule has 0 saturated carbocycles. The average molecular weight is 572 g/mol. The summed E-state index contributed by atoms with van der Waals surface area (Å²) in [6.07, 6.45) is 2.10. The smallest absolute Gasteiger partial charge is 0.339 e. The molecule has 0 aliphatic carbocycles. The molecule has 0 aromatic heterocycles. The maximum Gasteiger partial charge on any atom is 0.339 e. The first-order valence-electron chi connectivity index (χ1n) is 14.3. The molecule has 2 aromatic rings. The van der Waals surface area contributed by atoms with Crippen LogP contribution in [0.5, 0.6) is 0 Å². The van der Waals surface area contributed by atoms with Crippen molar-refractivity contribution in [3.8, 4) is 0 Å². The molecule has 0 fully saturated rings. The molecule has 41 heavy (non-hydrogen) atoms. The first kappa shape index (κ1) is 33.9. The minimum absolute atomic E-state index is 0.0524. The van der Waals surface area contributed by atoms with Gasteiger partial charge in [-0.25, -0.2) is 9.59 Å². The van der Waals surface area contributed by atoms with Crippen LogP contribution in [-0.2, 0) is 44.5 Å². The number of aryl methyl sites for hydroxylation is 1. The summed E-state index contributed by atoms with van der Waals surface area (Å²) in [6, 6.07) is 14.8. The number of rotatable bonds is 18. The fourth-order valence-electron chi connectivity index (χ4n) is 4.24. The number of likely N-dealkylation sites (N-methyl/N-ethyl adjacent to an activating group) is 1. The van der Waals surface area contributed by atoms with E-state index in [1.165, 1.54) is 21.2 Å². The van der Waals surface area contributed by atoms with Gasteiger partial charge in [0.1, 0.15) is 18.5 Å². The molecule has 0 bridgehead atoms. The second kappa shape index (κ2) is 17.5. The van der Waals surface area contributed by atoms with Gasteiger partial charge in [-0.05, 0) is 69.7 Å². The second-order valence-corrected chi connectivity index (χ2v) is 10.9. The Balaban J connectivity index is 2.03. The molecular formula is C32H45NO8. The van der Waals surface area contributed by atoms with E-state index >= 15 is 0 Å². The summed E-state index contributed by atoms with van der Waals surface area (Å²) in [5.41, 5.74) is 0.417. The maximum absolute atomic E-state index is 13.5. The number of aldehydes is 1. The molecular weight excluding hydrogens is 526 g/mol. The van der Waals surface area contributed by atoms with Crippen molar-refractivity contribution in [1.29, 1.82) is 0 Å². The SMILES string of the molecule is CCOC(=O)CO[C@@H](C(=O)OC(C)(C)C)[C@@H](OCCCC=O)C(=O)N(C)CCCCCc1ccc2ccccc2c1. The van der Waals surface area contributed by atoms with Gasteiger partial charge in [0.05, 0.1) is 6.61 Å². The highest BCUT2D eigenvalue weighted by molar-refractivity contribution is 5.89. The van der Waals surface area contributed by atoms with Crippen LogP contribution in [0.3, 0.4) is 0 Å². The van der Waals surface area contributed by atoms with Crippen LogP contribution >= 0.6 is 0 Å². The zero-order chi connectivity index (χ0) is 30.3. The molecule has 0 aliphatic heterocycles. The molecule has 0 unspecified atom stereocenters. The van der Waals surface area contributed by atoms with Crippen LogP contribution in [0.4, 0.5) is 0 Å². The Hall–Kier alpha value is -3.30. The van der Waals surface area contributed by atoms with Gasteiger partial charge in [-0.15, -0.1) is 0 Å². The quantitative estimate of drug-likeness (QED) is 0.144. The molecule has 1 amide bonds. The highest BCUT2D eigenvalue weighted by atomic mass is 16.6. The van der Waals surface area contributed by atoms with E-state index in [0.29, 0.717) is 13.0 Å². The first-order chi connectivity index (χ1) is 19.6. The molecule has 0 spiro atoms. The molecule has 0 aliphatic rings. The highest BCUT2D eigenvalue weighted by Crippen LogP contribution is 2.19. The van der Waals surface area contributed by atoms with Crippen LogP contribution in [0.1, 0.15) is 65.4 Å². The Bertz CT molecular complexity index is 1130. The first-order valence-corrected chi connectivity index (χ1v) is 14.3. The van der Waals surface area contributed by atoms with Gasteiger partial charge in [0, 0.05) is 26.6 Å². The van der Waals surface area contributed by atoms with Gasteiger partial charge in [-0.3, -0.25) is 4.79 Å². The fraction of sp³-hybridized carbons (Fsp3) is 0.562. The Morgan fingerprint density at radius 1 is 0.927 bits per heavy atom. The Morgan fingerprint density at radius 3 is 2.34 bits per heavy atom. The van der Waals surface area contributed by atoms with E-state index < -0.39 is 42.3 Å². The summed E-state index contributed by atoms with van der Waals surface area (Å²) in [6.45, 7) is 6.84. The number of carbonyl (C=O) groups is 4. The lowest BCUT2D eigenvalue weighted by molar-refractivity contribution is -0.187. The number of benzene rings is 2. The van der Waals surface area contributed by atoms with E-state index in [1.807, 2.05) is 12.1 Å². The minimum atomic E-state index is -1.49. The molecule has 2 aromatic carbocycles. The zero-order valence-electron chi connectivity index (χ0n) is 25.1. The fourth-order valence-corrected chi connectivity index (χ4v) is 4.24. The molecule has 2 rings (SSSR count). The Kier molecular flexibility index (Phi) is 14.5. The monoisotopic (exact) mass is 571 g/mol. The average Bonchev–Trinajstić information content (AvgIpc) is 2.92. The van der Waals surface area contributed by atoms with E-state index in [2.05, 4.69) is 30.3 Å².